The summed E-state index contributed by atoms with van der Waals surface area (Å²) < 4.78 is 5.72. The molecule has 0 spiro atoms. The Hall–Kier alpha value is -2.43. The molecule has 0 bridgehead atoms. The van der Waals surface area contributed by atoms with Gasteiger partial charge < -0.3 is 9.42 Å². The van der Waals surface area contributed by atoms with Crippen LogP contribution >= 0.6 is 0 Å². The number of hydrogen-bond donors (Lipinski definition) is 0. The summed E-state index contributed by atoms with van der Waals surface area (Å²) in [5.74, 6) is 1.59. The molecule has 0 saturated heterocycles. The van der Waals surface area contributed by atoms with Crippen molar-refractivity contribution in [1.29, 1.82) is 0 Å². The molecule has 5 heteroatoms. The Morgan fingerprint density at radius 3 is 2.56 bits per heavy atom. The zero-order valence-electron chi connectivity index (χ0n) is 15.8. The van der Waals surface area contributed by atoms with Crippen LogP contribution in [0.4, 0.5) is 5.82 Å². The first-order valence-corrected chi connectivity index (χ1v) is 9.01. The summed E-state index contributed by atoms with van der Waals surface area (Å²) >= 11 is 0. The van der Waals surface area contributed by atoms with E-state index in [2.05, 4.69) is 65.9 Å². The SMILES string of the molecule is CCCCN(CC)c1nc(C)nc2c(-c3ccc(C)cc3C)noc12. The Morgan fingerprint density at radius 2 is 1.88 bits per heavy atom. The predicted molar refractivity (Wildman–Crippen MR) is 102 cm³/mol. The van der Waals surface area contributed by atoms with Crippen LogP contribution in [0.25, 0.3) is 22.4 Å². The molecule has 0 aliphatic heterocycles. The lowest BCUT2D eigenvalue weighted by Gasteiger charge is -2.21. The highest BCUT2D eigenvalue weighted by molar-refractivity contribution is 5.94. The number of benzene rings is 1. The van der Waals surface area contributed by atoms with Crippen molar-refractivity contribution < 1.29 is 4.52 Å². The van der Waals surface area contributed by atoms with E-state index in [-0.39, 0.29) is 0 Å². The minimum Gasteiger partial charge on any atom is -0.354 e. The van der Waals surface area contributed by atoms with E-state index in [1.165, 1.54) is 11.1 Å². The van der Waals surface area contributed by atoms with Crippen molar-refractivity contribution >= 4 is 16.9 Å². The second kappa shape index (κ2) is 7.21. The third kappa shape index (κ3) is 3.36. The zero-order chi connectivity index (χ0) is 18.0. The van der Waals surface area contributed by atoms with Crippen LogP contribution in [-0.2, 0) is 0 Å². The van der Waals surface area contributed by atoms with E-state index in [0.717, 1.165) is 54.3 Å². The smallest absolute Gasteiger partial charge is 0.228 e. The molecular weight excluding hydrogens is 312 g/mol. The van der Waals surface area contributed by atoms with Gasteiger partial charge in [-0.05, 0) is 39.7 Å². The maximum Gasteiger partial charge on any atom is 0.228 e. The summed E-state index contributed by atoms with van der Waals surface area (Å²) in [5, 5.41) is 4.35. The highest BCUT2D eigenvalue weighted by atomic mass is 16.5. The Morgan fingerprint density at radius 1 is 1.08 bits per heavy atom. The van der Waals surface area contributed by atoms with Crippen LogP contribution in [0.5, 0.6) is 0 Å². The molecule has 0 radical (unpaired) electrons. The fraction of sp³-hybridized carbons (Fsp3) is 0.450. The van der Waals surface area contributed by atoms with Crippen molar-refractivity contribution in [3.05, 3.63) is 35.2 Å². The number of aromatic nitrogens is 3. The highest BCUT2D eigenvalue weighted by Gasteiger charge is 2.21. The van der Waals surface area contributed by atoms with Gasteiger partial charge in [0.25, 0.3) is 0 Å². The Bertz CT molecular complexity index is 885. The largest absolute Gasteiger partial charge is 0.354 e. The van der Waals surface area contributed by atoms with Gasteiger partial charge in [-0.3, -0.25) is 0 Å². The van der Waals surface area contributed by atoms with Crippen molar-refractivity contribution in [2.24, 2.45) is 0 Å². The summed E-state index contributed by atoms with van der Waals surface area (Å²) in [5.41, 5.74) is 5.74. The van der Waals surface area contributed by atoms with Crippen molar-refractivity contribution in [1.82, 2.24) is 15.1 Å². The minimum absolute atomic E-state index is 0.679. The molecule has 1 aromatic carbocycles. The molecule has 0 aliphatic rings. The quantitative estimate of drug-likeness (QED) is 0.644. The summed E-state index contributed by atoms with van der Waals surface area (Å²) in [6.45, 7) is 12.3. The maximum atomic E-state index is 5.72. The molecule has 0 atom stereocenters. The Labute approximate surface area is 149 Å². The molecule has 0 aliphatic carbocycles. The van der Waals surface area contributed by atoms with E-state index in [9.17, 15) is 0 Å². The summed E-state index contributed by atoms with van der Waals surface area (Å²) in [6, 6.07) is 6.34. The molecule has 3 rings (SSSR count). The van der Waals surface area contributed by atoms with Crippen LogP contribution in [0.3, 0.4) is 0 Å². The van der Waals surface area contributed by atoms with Crippen LogP contribution in [0.15, 0.2) is 22.7 Å². The molecule has 5 nitrogen and oxygen atoms in total. The molecule has 3 aromatic rings. The molecule has 25 heavy (non-hydrogen) atoms. The maximum absolute atomic E-state index is 5.72. The van der Waals surface area contributed by atoms with Crippen LogP contribution in [0, 0.1) is 20.8 Å². The van der Waals surface area contributed by atoms with E-state index in [1.54, 1.807) is 0 Å². The second-order valence-corrected chi connectivity index (χ2v) is 6.55. The van der Waals surface area contributed by atoms with Gasteiger partial charge in [0, 0.05) is 18.7 Å². The van der Waals surface area contributed by atoms with Crippen LogP contribution in [0.2, 0.25) is 0 Å². The van der Waals surface area contributed by atoms with E-state index in [1.807, 2.05) is 6.92 Å². The van der Waals surface area contributed by atoms with E-state index < -0.39 is 0 Å². The molecule has 2 heterocycles. The fourth-order valence-corrected chi connectivity index (χ4v) is 3.16. The third-order valence-corrected chi connectivity index (χ3v) is 4.51. The molecule has 0 amide bonds. The van der Waals surface area contributed by atoms with Gasteiger partial charge in [-0.2, -0.15) is 0 Å². The van der Waals surface area contributed by atoms with E-state index in [4.69, 9.17) is 4.52 Å². The molecule has 0 fully saturated rings. The number of unbranched alkanes of at least 4 members (excludes halogenated alkanes) is 1. The van der Waals surface area contributed by atoms with Crippen molar-refractivity contribution in [2.75, 3.05) is 18.0 Å². The van der Waals surface area contributed by atoms with Crippen molar-refractivity contribution in [3.63, 3.8) is 0 Å². The summed E-state index contributed by atoms with van der Waals surface area (Å²) in [6.07, 6.45) is 2.27. The van der Waals surface area contributed by atoms with Gasteiger partial charge in [-0.25, -0.2) is 9.97 Å². The third-order valence-electron chi connectivity index (χ3n) is 4.51. The molecule has 0 unspecified atom stereocenters. The first-order valence-electron chi connectivity index (χ1n) is 9.01. The number of fused-ring (bicyclic) bond motifs is 1. The minimum atomic E-state index is 0.679. The predicted octanol–water partition coefficient (Wildman–Crippen LogP) is 4.84. The summed E-state index contributed by atoms with van der Waals surface area (Å²) in [4.78, 5) is 11.5. The number of hydrogen-bond acceptors (Lipinski definition) is 5. The standard InChI is InChI=1S/C20H26N4O/c1-6-8-11-24(7-2)20-19-18(21-15(5)22-20)17(23-25-19)16-10-9-13(3)12-14(16)4/h9-10,12H,6-8,11H2,1-5H3. The van der Waals surface area contributed by atoms with Gasteiger partial charge in [-0.15, -0.1) is 0 Å². The number of nitrogens with zero attached hydrogens (tertiary/aromatic N) is 4. The van der Waals surface area contributed by atoms with Crippen molar-refractivity contribution in [2.45, 2.75) is 47.5 Å². The zero-order valence-corrected chi connectivity index (χ0v) is 15.8. The lowest BCUT2D eigenvalue weighted by Crippen LogP contribution is -2.25. The van der Waals surface area contributed by atoms with Crippen molar-refractivity contribution in [3.8, 4) is 11.3 Å². The molecule has 0 N–H and O–H groups in total. The van der Waals surface area contributed by atoms with Gasteiger partial charge in [0.15, 0.2) is 5.82 Å². The lowest BCUT2D eigenvalue weighted by molar-refractivity contribution is 0.457. The van der Waals surface area contributed by atoms with Crippen LogP contribution in [-0.4, -0.2) is 28.2 Å². The molecular formula is C20H26N4O. The summed E-state index contributed by atoms with van der Waals surface area (Å²) in [7, 11) is 0. The van der Waals surface area contributed by atoms with E-state index in [0.29, 0.717) is 5.58 Å². The topological polar surface area (TPSA) is 55.1 Å². The average molecular weight is 338 g/mol. The second-order valence-electron chi connectivity index (χ2n) is 6.55. The first kappa shape index (κ1) is 17.4. The van der Waals surface area contributed by atoms with Gasteiger partial charge in [0.2, 0.25) is 5.58 Å². The number of anilines is 1. The Balaban J connectivity index is 2.15. The molecule has 132 valence electrons. The lowest BCUT2D eigenvalue weighted by atomic mass is 10.0. The monoisotopic (exact) mass is 338 g/mol. The highest BCUT2D eigenvalue weighted by Crippen LogP contribution is 2.33. The molecule has 0 saturated carbocycles. The normalized spacial score (nSPS) is 11.2. The van der Waals surface area contributed by atoms with Gasteiger partial charge in [0.1, 0.15) is 17.0 Å². The first-order chi connectivity index (χ1) is 12.0. The van der Waals surface area contributed by atoms with Gasteiger partial charge in [0.05, 0.1) is 0 Å². The number of aryl methyl sites for hydroxylation is 3. The van der Waals surface area contributed by atoms with Gasteiger partial charge >= 0.3 is 0 Å². The Kier molecular flexibility index (Phi) is 5.02. The number of rotatable bonds is 6. The molecule has 2 aromatic heterocycles. The van der Waals surface area contributed by atoms with E-state index >= 15 is 0 Å². The fourth-order valence-electron chi connectivity index (χ4n) is 3.16. The van der Waals surface area contributed by atoms with Crippen LogP contribution < -0.4 is 4.90 Å². The van der Waals surface area contributed by atoms with Gasteiger partial charge in [-0.1, -0.05) is 42.3 Å². The average Bonchev–Trinajstić information content (AvgIpc) is 2.99. The van der Waals surface area contributed by atoms with Crippen LogP contribution in [0.1, 0.15) is 43.6 Å².